The van der Waals surface area contributed by atoms with E-state index in [0.717, 1.165) is 23.9 Å². The van der Waals surface area contributed by atoms with E-state index in [0.29, 0.717) is 36.9 Å². The van der Waals surface area contributed by atoms with Crippen molar-refractivity contribution in [3.63, 3.8) is 0 Å². The van der Waals surface area contributed by atoms with Crippen LogP contribution in [0.1, 0.15) is 22.6 Å². The van der Waals surface area contributed by atoms with Crippen molar-refractivity contribution < 1.29 is 4.52 Å². The van der Waals surface area contributed by atoms with Crippen molar-refractivity contribution in [3.8, 4) is 11.6 Å². The second kappa shape index (κ2) is 11.7. The van der Waals surface area contributed by atoms with E-state index >= 15 is 0 Å². The molecule has 150 valence electrons. The van der Waals surface area contributed by atoms with Crippen molar-refractivity contribution >= 4 is 41.3 Å². The number of rotatable bonds is 8. The maximum absolute atomic E-state index is 5.27. The lowest BCUT2D eigenvalue weighted by atomic mass is 10.3. The third-order valence-electron chi connectivity index (χ3n) is 3.60. The number of nitrogens with zero attached hydrogens (tertiary/aromatic N) is 5. The van der Waals surface area contributed by atoms with E-state index in [4.69, 9.17) is 4.52 Å². The molecular formula is C18H24IN7OS. The molecule has 3 heterocycles. The van der Waals surface area contributed by atoms with Gasteiger partial charge in [0.1, 0.15) is 5.69 Å². The highest BCUT2D eigenvalue weighted by Gasteiger charge is 2.09. The van der Waals surface area contributed by atoms with Crippen molar-refractivity contribution in [1.29, 1.82) is 0 Å². The lowest BCUT2D eigenvalue weighted by Gasteiger charge is -2.10. The lowest BCUT2D eigenvalue weighted by Crippen LogP contribution is -2.38. The van der Waals surface area contributed by atoms with Gasteiger partial charge in [0.2, 0.25) is 0 Å². The minimum absolute atomic E-state index is 0. The molecule has 0 fully saturated rings. The molecule has 0 aliphatic heterocycles. The topological polar surface area (TPSA) is 101 Å². The summed E-state index contributed by atoms with van der Waals surface area (Å²) in [6.07, 6.45) is 5.07. The summed E-state index contributed by atoms with van der Waals surface area (Å²) >= 11 is 1.72. The third kappa shape index (κ3) is 6.82. The van der Waals surface area contributed by atoms with E-state index in [1.807, 2.05) is 31.3 Å². The maximum Gasteiger partial charge on any atom is 0.276 e. The zero-order chi connectivity index (χ0) is 18.9. The molecule has 0 spiro atoms. The molecule has 3 rings (SSSR count). The molecule has 0 unspecified atom stereocenters. The second-order valence-corrected chi connectivity index (χ2v) is 7.10. The highest BCUT2D eigenvalue weighted by molar-refractivity contribution is 14.0. The number of pyridine rings is 1. The fourth-order valence-electron chi connectivity index (χ4n) is 2.36. The van der Waals surface area contributed by atoms with E-state index < -0.39 is 0 Å². The number of aryl methyl sites for hydroxylation is 1. The second-order valence-electron chi connectivity index (χ2n) is 5.78. The SMILES string of the molecule is CCNC(=NCCc1ncc(C)s1)NCCc1noc(-c2ccccn2)n1.I. The van der Waals surface area contributed by atoms with Gasteiger partial charge in [0, 0.05) is 49.7 Å². The summed E-state index contributed by atoms with van der Waals surface area (Å²) in [7, 11) is 0. The number of guanidine groups is 1. The van der Waals surface area contributed by atoms with Crippen molar-refractivity contribution in [3.05, 3.63) is 46.3 Å². The molecule has 0 aliphatic carbocycles. The molecule has 0 atom stereocenters. The van der Waals surface area contributed by atoms with Gasteiger partial charge in [-0.25, -0.2) is 4.98 Å². The summed E-state index contributed by atoms with van der Waals surface area (Å²) in [5, 5.41) is 11.7. The minimum Gasteiger partial charge on any atom is -0.357 e. The van der Waals surface area contributed by atoms with Crippen LogP contribution < -0.4 is 10.6 Å². The quantitative estimate of drug-likeness (QED) is 0.272. The predicted octanol–water partition coefficient (Wildman–Crippen LogP) is 2.85. The highest BCUT2D eigenvalue weighted by Crippen LogP contribution is 2.13. The Morgan fingerprint density at radius 1 is 1.21 bits per heavy atom. The average molecular weight is 513 g/mol. The molecule has 0 bridgehead atoms. The number of hydrogen-bond donors (Lipinski definition) is 2. The van der Waals surface area contributed by atoms with Crippen LogP contribution >= 0.6 is 35.3 Å². The molecule has 8 nitrogen and oxygen atoms in total. The number of nitrogens with one attached hydrogen (secondary N) is 2. The normalized spacial score (nSPS) is 11.1. The zero-order valence-corrected chi connectivity index (χ0v) is 19.0. The molecule has 0 aromatic carbocycles. The van der Waals surface area contributed by atoms with Crippen LogP contribution in [0.25, 0.3) is 11.6 Å². The number of hydrogen-bond acceptors (Lipinski definition) is 7. The fraction of sp³-hybridized carbons (Fsp3) is 0.389. The van der Waals surface area contributed by atoms with Crippen LogP contribution in [0.5, 0.6) is 0 Å². The molecule has 0 saturated carbocycles. The fourth-order valence-corrected chi connectivity index (χ4v) is 3.14. The summed E-state index contributed by atoms with van der Waals surface area (Å²) in [5.74, 6) is 1.85. The van der Waals surface area contributed by atoms with Gasteiger partial charge in [-0.3, -0.25) is 9.98 Å². The average Bonchev–Trinajstić information content (AvgIpc) is 3.32. The Kier molecular flexibility index (Phi) is 9.28. The maximum atomic E-state index is 5.27. The summed E-state index contributed by atoms with van der Waals surface area (Å²) in [6, 6.07) is 5.58. The summed E-state index contributed by atoms with van der Waals surface area (Å²) in [5.41, 5.74) is 0.677. The van der Waals surface area contributed by atoms with Crippen LogP contribution in [0.15, 0.2) is 40.1 Å². The number of aromatic nitrogens is 4. The first-order valence-electron chi connectivity index (χ1n) is 8.92. The van der Waals surface area contributed by atoms with Crippen LogP contribution in [0.3, 0.4) is 0 Å². The Hall–Kier alpha value is -2.08. The predicted molar refractivity (Wildman–Crippen MR) is 121 cm³/mol. The molecule has 0 aliphatic rings. The summed E-state index contributed by atoms with van der Waals surface area (Å²) < 4.78 is 5.27. The van der Waals surface area contributed by atoms with E-state index in [2.05, 4.69) is 42.7 Å². The van der Waals surface area contributed by atoms with Gasteiger partial charge in [-0.15, -0.1) is 35.3 Å². The molecule has 3 aromatic rings. The lowest BCUT2D eigenvalue weighted by molar-refractivity contribution is 0.421. The van der Waals surface area contributed by atoms with Crippen LogP contribution in [-0.4, -0.2) is 45.7 Å². The summed E-state index contributed by atoms with van der Waals surface area (Å²) in [4.78, 5) is 18.8. The van der Waals surface area contributed by atoms with Crippen LogP contribution in [0.2, 0.25) is 0 Å². The standard InChI is InChI=1S/C18H23N7OS.HI/c1-3-19-18(22-11-8-16-23-12-13(2)27-16)21-10-7-15-24-17(26-25-15)14-6-4-5-9-20-14;/h4-6,9,12H,3,7-8,10-11H2,1-2H3,(H2,19,21,22);1H. The van der Waals surface area contributed by atoms with Crippen LogP contribution in [0, 0.1) is 6.92 Å². The third-order valence-corrected chi connectivity index (χ3v) is 4.57. The number of thiazole rings is 1. The largest absolute Gasteiger partial charge is 0.357 e. The van der Waals surface area contributed by atoms with Gasteiger partial charge >= 0.3 is 0 Å². The Morgan fingerprint density at radius 2 is 2.11 bits per heavy atom. The first-order chi connectivity index (χ1) is 13.2. The Balaban J connectivity index is 0.00000280. The molecule has 28 heavy (non-hydrogen) atoms. The van der Waals surface area contributed by atoms with Gasteiger partial charge < -0.3 is 15.2 Å². The monoisotopic (exact) mass is 513 g/mol. The minimum atomic E-state index is 0. The van der Waals surface area contributed by atoms with Crippen molar-refractivity contribution in [2.24, 2.45) is 4.99 Å². The van der Waals surface area contributed by atoms with Crippen molar-refractivity contribution in [2.75, 3.05) is 19.6 Å². The molecule has 0 radical (unpaired) electrons. The van der Waals surface area contributed by atoms with Gasteiger partial charge in [0.15, 0.2) is 11.8 Å². The molecular weight excluding hydrogens is 489 g/mol. The van der Waals surface area contributed by atoms with Crippen molar-refractivity contribution in [2.45, 2.75) is 26.7 Å². The zero-order valence-electron chi connectivity index (χ0n) is 15.9. The van der Waals surface area contributed by atoms with Gasteiger partial charge in [0.05, 0.1) is 5.01 Å². The van der Waals surface area contributed by atoms with Gasteiger partial charge in [-0.05, 0) is 26.0 Å². The first-order valence-corrected chi connectivity index (χ1v) is 9.73. The Bertz CT molecular complexity index is 866. The van der Waals surface area contributed by atoms with E-state index in [1.165, 1.54) is 4.88 Å². The number of aliphatic imine (C=N–C) groups is 1. The van der Waals surface area contributed by atoms with Crippen molar-refractivity contribution in [1.82, 2.24) is 30.7 Å². The first kappa shape index (κ1) is 22.2. The summed E-state index contributed by atoms with van der Waals surface area (Å²) in [6.45, 7) is 6.25. The van der Waals surface area contributed by atoms with Crippen LogP contribution in [-0.2, 0) is 12.8 Å². The smallest absolute Gasteiger partial charge is 0.276 e. The molecule has 0 saturated heterocycles. The van der Waals surface area contributed by atoms with Gasteiger partial charge in [-0.2, -0.15) is 4.98 Å². The van der Waals surface area contributed by atoms with E-state index in [1.54, 1.807) is 17.5 Å². The van der Waals surface area contributed by atoms with E-state index in [-0.39, 0.29) is 24.0 Å². The van der Waals surface area contributed by atoms with E-state index in [9.17, 15) is 0 Å². The highest BCUT2D eigenvalue weighted by atomic mass is 127. The van der Waals surface area contributed by atoms with Crippen LogP contribution in [0.4, 0.5) is 0 Å². The molecule has 10 heteroatoms. The Morgan fingerprint density at radius 3 is 2.82 bits per heavy atom. The molecule has 0 amide bonds. The molecule has 3 aromatic heterocycles. The molecule has 2 N–H and O–H groups in total. The Labute approximate surface area is 185 Å². The van der Waals surface area contributed by atoms with Gasteiger partial charge in [-0.1, -0.05) is 11.2 Å². The number of halogens is 1. The van der Waals surface area contributed by atoms with Gasteiger partial charge in [0.25, 0.3) is 5.89 Å².